The Morgan fingerprint density at radius 3 is 2.80 bits per heavy atom. The lowest BCUT2D eigenvalue weighted by Gasteiger charge is -2.13. The first kappa shape index (κ1) is 13.6. The third kappa shape index (κ3) is 2.10. The SMILES string of the molecule is CNC(=O)c1c(O)c2ccccc2n(CCC#N)c1=O. The summed E-state index contributed by atoms with van der Waals surface area (Å²) in [6.45, 7) is 0.167. The summed E-state index contributed by atoms with van der Waals surface area (Å²) in [5, 5.41) is 21.6. The number of aryl methyl sites for hydroxylation is 1. The molecule has 20 heavy (non-hydrogen) atoms. The van der Waals surface area contributed by atoms with Gasteiger partial charge in [-0.05, 0) is 12.1 Å². The van der Waals surface area contributed by atoms with E-state index in [2.05, 4.69) is 5.32 Å². The number of nitriles is 1. The largest absolute Gasteiger partial charge is 0.506 e. The monoisotopic (exact) mass is 271 g/mol. The molecule has 0 fully saturated rings. The second-order valence-electron chi connectivity index (χ2n) is 4.18. The van der Waals surface area contributed by atoms with Crippen LogP contribution in [0.15, 0.2) is 29.1 Å². The van der Waals surface area contributed by atoms with Gasteiger partial charge in [-0.1, -0.05) is 12.1 Å². The summed E-state index contributed by atoms with van der Waals surface area (Å²) >= 11 is 0. The Balaban J connectivity index is 2.85. The standard InChI is InChI=1S/C14H13N3O3/c1-16-13(19)11-12(18)9-5-2-3-6-10(9)17(14(11)20)8-4-7-15/h2-3,5-6,18H,4,8H2,1H3,(H,16,19). The van der Waals surface area contributed by atoms with Crippen molar-refractivity contribution in [2.75, 3.05) is 7.05 Å². The molecule has 0 atom stereocenters. The first-order chi connectivity index (χ1) is 9.61. The number of pyridine rings is 1. The Bertz CT molecular complexity index is 772. The van der Waals surface area contributed by atoms with Gasteiger partial charge in [-0.3, -0.25) is 9.59 Å². The van der Waals surface area contributed by atoms with Gasteiger partial charge in [0.15, 0.2) is 0 Å². The van der Waals surface area contributed by atoms with E-state index in [4.69, 9.17) is 5.26 Å². The molecule has 102 valence electrons. The molecule has 1 aromatic carbocycles. The minimum atomic E-state index is -0.649. The van der Waals surface area contributed by atoms with Crippen molar-refractivity contribution in [3.8, 4) is 11.8 Å². The molecule has 0 aliphatic carbocycles. The molecule has 6 nitrogen and oxygen atoms in total. The van der Waals surface area contributed by atoms with E-state index in [1.807, 2.05) is 6.07 Å². The second-order valence-corrected chi connectivity index (χ2v) is 4.18. The molecule has 0 aliphatic heterocycles. The first-order valence-corrected chi connectivity index (χ1v) is 6.05. The number of amides is 1. The fourth-order valence-corrected chi connectivity index (χ4v) is 2.10. The van der Waals surface area contributed by atoms with Crippen molar-refractivity contribution in [2.45, 2.75) is 13.0 Å². The molecule has 0 saturated heterocycles. The molecular formula is C14H13N3O3. The second kappa shape index (κ2) is 5.45. The molecule has 2 N–H and O–H groups in total. The minimum absolute atomic E-state index is 0.141. The molecule has 2 aromatic rings. The highest BCUT2D eigenvalue weighted by Gasteiger charge is 2.20. The predicted octanol–water partition coefficient (Wildman–Crippen LogP) is 0.980. The number of hydrogen-bond acceptors (Lipinski definition) is 4. The molecule has 0 radical (unpaired) electrons. The summed E-state index contributed by atoms with van der Waals surface area (Å²) in [4.78, 5) is 24.1. The number of nitrogens with one attached hydrogen (secondary N) is 1. The highest BCUT2D eigenvalue weighted by atomic mass is 16.3. The molecular weight excluding hydrogens is 258 g/mol. The van der Waals surface area contributed by atoms with Gasteiger partial charge in [-0.25, -0.2) is 0 Å². The molecule has 0 aliphatic rings. The van der Waals surface area contributed by atoms with Gasteiger partial charge in [0.05, 0.1) is 18.0 Å². The van der Waals surface area contributed by atoms with E-state index in [-0.39, 0.29) is 24.3 Å². The summed E-state index contributed by atoms with van der Waals surface area (Å²) in [5.74, 6) is -0.984. The number of carbonyl (C=O) groups excluding carboxylic acids is 1. The smallest absolute Gasteiger partial charge is 0.267 e. The number of aromatic hydroxyl groups is 1. The van der Waals surface area contributed by atoms with Gasteiger partial charge in [0, 0.05) is 19.0 Å². The van der Waals surface area contributed by atoms with Crippen molar-refractivity contribution in [3.63, 3.8) is 0 Å². The third-order valence-electron chi connectivity index (χ3n) is 3.05. The summed E-state index contributed by atoms with van der Waals surface area (Å²) in [5.41, 5.74) is -0.405. The summed E-state index contributed by atoms with van der Waals surface area (Å²) in [6, 6.07) is 8.68. The number of hydrogen-bond donors (Lipinski definition) is 2. The van der Waals surface area contributed by atoms with Crippen molar-refractivity contribution in [2.24, 2.45) is 0 Å². The molecule has 0 saturated carbocycles. The van der Waals surface area contributed by atoms with Crippen LogP contribution in [0.4, 0.5) is 0 Å². The fraction of sp³-hybridized carbons (Fsp3) is 0.214. The predicted molar refractivity (Wildman–Crippen MR) is 73.5 cm³/mol. The topological polar surface area (TPSA) is 95.1 Å². The maximum atomic E-state index is 12.3. The Morgan fingerprint density at radius 2 is 2.15 bits per heavy atom. The zero-order valence-corrected chi connectivity index (χ0v) is 10.9. The van der Waals surface area contributed by atoms with E-state index >= 15 is 0 Å². The Hall–Kier alpha value is -2.81. The normalized spacial score (nSPS) is 10.2. The average Bonchev–Trinajstić information content (AvgIpc) is 2.47. The van der Waals surface area contributed by atoms with E-state index in [9.17, 15) is 14.7 Å². The van der Waals surface area contributed by atoms with Gasteiger partial charge in [-0.15, -0.1) is 0 Å². The quantitative estimate of drug-likeness (QED) is 0.869. The van der Waals surface area contributed by atoms with E-state index in [0.717, 1.165) is 0 Å². The van der Waals surface area contributed by atoms with Crippen molar-refractivity contribution < 1.29 is 9.90 Å². The zero-order chi connectivity index (χ0) is 14.7. The van der Waals surface area contributed by atoms with Crippen LogP contribution in [-0.2, 0) is 6.54 Å². The lowest BCUT2D eigenvalue weighted by atomic mass is 10.1. The lowest BCUT2D eigenvalue weighted by molar-refractivity contribution is 0.0958. The maximum absolute atomic E-state index is 12.3. The fourth-order valence-electron chi connectivity index (χ4n) is 2.10. The van der Waals surface area contributed by atoms with Crippen LogP contribution in [0, 0.1) is 11.3 Å². The molecule has 1 heterocycles. The summed E-state index contributed by atoms with van der Waals surface area (Å²) < 4.78 is 1.34. The van der Waals surface area contributed by atoms with Gasteiger partial charge in [0.1, 0.15) is 11.3 Å². The van der Waals surface area contributed by atoms with Gasteiger partial charge in [-0.2, -0.15) is 5.26 Å². The first-order valence-electron chi connectivity index (χ1n) is 6.05. The number of carbonyl (C=O) groups is 1. The number of benzene rings is 1. The number of fused-ring (bicyclic) bond motifs is 1. The van der Waals surface area contributed by atoms with Crippen LogP contribution in [0.3, 0.4) is 0 Å². The van der Waals surface area contributed by atoms with Gasteiger partial charge in [0.25, 0.3) is 11.5 Å². The van der Waals surface area contributed by atoms with Gasteiger partial charge in [0.2, 0.25) is 0 Å². The molecule has 0 unspecified atom stereocenters. The summed E-state index contributed by atoms with van der Waals surface area (Å²) in [6.07, 6.45) is 0.141. The average molecular weight is 271 g/mol. The summed E-state index contributed by atoms with van der Waals surface area (Å²) in [7, 11) is 1.38. The highest BCUT2D eigenvalue weighted by Crippen LogP contribution is 2.26. The van der Waals surface area contributed by atoms with Gasteiger partial charge < -0.3 is 15.0 Å². The Labute approximate surface area is 114 Å². The minimum Gasteiger partial charge on any atom is -0.506 e. The molecule has 6 heteroatoms. The van der Waals surface area contributed by atoms with Crippen LogP contribution < -0.4 is 10.9 Å². The lowest BCUT2D eigenvalue weighted by Crippen LogP contribution is -2.31. The third-order valence-corrected chi connectivity index (χ3v) is 3.05. The van der Waals surface area contributed by atoms with Crippen molar-refractivity contribution in [3.05, 3.63) is 40.2 Å². The number of rotatable bonds is 3. The van der Waals surface area contributed by atoms with Crippen LogP contribution in [-0.4, -0.2) is 22.6 Å². The van der Waals surface area contributed by atoms with Crippen LogP contribution in [0.1, 0.15) is 16.8 Å². The zero-order valence-electron chi connectivity index (χ0n) is 10.9. The van der Waals surface area contributed by atoms with Gasteiger partial charge >= 0.3 is 0 Å². The van der Waals surface area contributed by atoms with E-state index in [1.165, 1.54) is 11.6 Å². The molecule has 2 rings (SSSR count). The van der Waals surface area contributed by atoms with Crippen LogP contribution in [0.2, 0.25) is 0 Å². The molecule has 1 aromatic heterocycles. The van der Waals surface area contributed by atoms with Crippen LogP contribution in [0.5, 0.6) is 5.75 Å². The van der Waals surface area contributed by atoms with Crippen molar-refractivity contribution >= 4 is 16.8 Å². The number of nitrogens with zero attached hydrogens (tertiary/aromatic N) is 2. The van der Waals surface area contributed by atoms with E-state index in [0.29, 0.717) is 10.9 Å². The highest BCUT2D eigenvalue weighted by molar-refractivity contribution is 6.02. The van der Waals surface area contributed by atoms with Crippen molar-refractivity contribution in [1.82, 2.24) is 9.88 Å². The Kier molecular flexibility index (Phi) is 3.71. The molecule has 0 spiro atoms. The van der Waals surface area contributed by atoms with E-state index < -0.39 is 11.5 Å². The van der Waals surface area contributed by atoms with Crippen molar-refractivity contribution in [1.29, 1.82) is 5.26 Å². The van der Waals surface area contributed by atoms with Crippen LogP contribution in [0.25, 0.3) is 10.9 Å². The molecule has 1 amide bonds. The molecule has 0 bridgehead atoms. The van der Waals surface area contributed by atoms with E-state index in [1.54, 1.807) is 24.3 Å². The maximum Gasteiger partial charge on any atom is 0.267 e. The number of aromatic nitrogens is 1. The number of para-hydroxylation sites is 1. The van der Waals surface area contributed by atoms with Crippen LogP contribution >= 0.6 is 0 Å². The Morgan fingerprint density at radius 1 is 1.45 bits per heavy atom.